The zero-order chi connectivity index (χ0) is 24.6. The highest BCUT2D eigenvalue weighted by molar-refractivity contribution is 6.42. The molecule has 0 fully saturated rings. The van der Waals surface area contributed by atoms with Gasteiger partial charge in [-0.3, -0.25) is 4.79 Å². The Morgan fingerprint density at radius 2 is 1.65 bits per heavy atom. The van der Waals surface area contributed by atoms with E-state index in [4.69, 9.17) is 37.4 Å². The van der Waals surface area contributed by atoms with Gasteiger partial charge in [0.1, 0.15) is 0 Å². The third-order valence-corrected chi connectivity index (χ3v) is 7.13. The van der Waals surface area contributed by atoms with Crippen molar-refractivity contribution in [2.75, 3.05) is 21.3 Å². The molecule has 0 amide bonds. The number of nitrogens with one attached hydrogen (secondary N) is 1. The molecule has 1 aliphatic heterocycles. The molecular formula is C26H25Cl2NO5. The molecule has 1 heterocycles. The molecule has 8 heteroatoms. The van der Waals surface area contributed by atoms with Crippen molar-refractivity contribution in [3.63, 3.8) is 0 Å². The van der Waals surface area contributed by atoms with Crippen LogP contribution in [0.3, 0.4) is 0 Å². The molecule has 2 aromatic carbocycles. The molecule has 2 atom stereocenters. The van der Waals surface area contributed by atoms with Gasteiger partial charge in [-0.05, 0) is 54.7 Å². The number of carbonyl (C=O) groups is 2. The Morgan fingerprint density at radius 1 is 0.941 bits per heavy atom. The Labute approximate surface area is 208 Å². The minimum atomic E-state index is -0.600. The van der Waals surface area contributed by atoms with Crippen molar-refractivity contribution in [1.29, 1.82) is 0 Å². The number of ether oxygens (including phenoxy) is 3. The first-order valence-electron chi connectivity index (χ1n) is 10.8. The molecule has 1 aliphatic carbocycles. The Kier molecular flexibility index (Phi) is 6.91. The number of rotatable bonds is 5. The van der Waals surface area contributed by atoms with Crippen LogP contribution >= 0.6 is 23.2 Å². The number of dihydropyridines is 1. The summed E-state index contributed by atoms with van der Waals surface area (Å²) in [5.74, 6) is 0.0468. The van der Waals surface area contributed by atoms with E-state index in [9.17, 15) is 9.59 Å². The Balaban J connectivity index is 1.79. The van der Waals surface area contributed by atoms with Crippen LogP contribution in [-0.4, -0.2) is 33.1 Å². The molecule has 0 aromatic heterocycles. The van der Waals surface area contributed by atoms with Gasteiger partial charge in [-0.15, -0.1) is 0 Å². The number of ketones is 1. The summed E-state index contributed by atoms with van der Waals surface area (Å²) in [6.07, 6.45) is 0.890. The topological polar surface area (TPSA) is 73.9 Å². The quantitative estimate of drug-likeness (QED) is 0.541. The van der Waals surface area contributed by atoms with Crippen LogP contribution in [0.1, 0.15) is 42.7 Å². The molecular weight excluding hydrogens is 477 g/mol. The summed E-state index contributed by atoms with van der Waals surface area (Å²) in [7, 11) is 4.50. The van der Waals surface area contributed by atoms with Crippen molar-refractivity contribution in [2.24, 2.45) is 0 Å². The zero-order valence-electron chi connectivity index (χ0n) is 19.3. The van der Waals surface area contributed by atoms with E-state index in [0.717, 1.165) is 11.3 Å². The number of esters is 1. The fraction of sp³-hybridized carbons (Fsp3) is 0.308. The SMILES string of the molecule is COC(=O)C1=C(C)NC2=C(C(=O)C[C@H](c3ccc(OC)c(OC)c3)C2)[C@@H]1c1ccc(Cl)c(Cl)c1. The second kappa shape index (κ2) is 9.72. The van der Waals surface area contributed by atoms with Gasteiger partial charge in [-0.2, -0.15) is 0 Å². The van der Waals surface area contributed by atoms with Crippen LogP contribution in [0.2, 0.25) is 10.0 Å². The summed E-state index contributed by atoms with van der Waals surface area (Å²) in [4.78, 5) is 26.4. The van der Waals surface area contributed by atoms with Crippen LogP contribution in [0, 0.1) is 0 Å². The molecule has 2 aliphatic rings. The Bertz CT molecular complexity index is 1230. The first-order valence-corrected chi connectivity index (χ1v) is 11.5. The predicted molar refractivity (Wildman–Crippen MR) is 131 cm³/mol. The standard InChI is InChI=1S/C26H25Cl2NO5/c1-13-23(26(31)34-4)24(15-5-7-17(27)18(28)9-15)25-19(29-13)10-16(11-20(25)30)14-6-8-21(32-2)22(12-14)33-3/h5-9,12,16,24,29H,10-11H2,1-4H3/t16-,24-/m1/s1. The lowest BCUT2D eigenvalue weighted by Crippen LogP contribution is -2.36. The summed E-state index contributed by atoms with van der Waals surface area (Å²) in [5, 5.41) is 4.07. The molecule has 0 unspecified atom stereocenters. The van der Waals surface area contributed by atoms with E-state index < -0.39 is 11.9 Å². The Morgan fingerprint density at radius 3 is 2.29 bits per heavy atom. The first-order chi connectivity index (χ1) is 16.3. The molecule has 0 spiro atoms. The van der Waals surface area contributed by atoms with Crippen molar-refractivity contribution >= 4 is 35.0 Å². The third-order valence-electron chi connectivity index (χ3n) is 6.39. The van der Waals surface area contributed by atoms with E-state index in [1.165, 1.54) is 7.11 Å². The smallest absolute Gasteiger partial charge is 0.336 e. The van der Waals surface area contributed by atoms with Crippen molar-refractivity contribution in [2.45, 2.75) is 31.6 Å². The predicted octanol–water partition coefficient (Wildman–Crippen LogP) is 5.55. The first kappa shape index (κ1) is 24.2. The van der Waals surface area contributed by atoms with Gasteiger partial charge < -0.3 is 19.5 Å². The molecule has 4 rings (SSSR count). The average Bonchev–Trinajstić information content (AvgIpc) is 2.83. The van der Waals surface area contributed by atoms with Gasteiger partial charge >= 0.3 is 5.97 Å². The largest absolute Gasteiger partial charge is 0.493 e. The zero-order valence-corrected chi connectivity index (χ0v) is 20.8. The molecule has 178 valence electrons. The minimum Gasteiger partial charge on any atom is -0.493 e. The van der Waals surface area contributed by atoms with E-state index in [1.807, 2.05) is 25.1 Å². The third kappa shape index (κ3) is 4.28. The van der Waals surface area contributed by atoms with Crippen LogP contribution in [-0.2, 0) is 14.3 Å². The minimum absolute atomic E-state index is 0.0430. The second-order valence-corrected chi connectivity index (χ2v) is 9.11. The summed E-state index contributed by atoms with van der Waals surface area (Å²) >= 11 is 12.4. The van der Waals surface area contributed by atoms with E-state index in [2.05, 4.69) is 5.32 Å². The number of methoxy groups -OCH3 is 3. The number of hydrogen-bond acceptors (Lipinski definition) is 6. The fourth-order valence-corrected chi connectivity index (χ4v) is 5.09. The van der Waals surface area contributed by atoms with Gasteiger partial charge in [-0.1, -0.05) is 35.3 Å². The summed E-state index contributed by atoms with van der Waals surface area (Å²) in [6, 6.07) is 10.9. The van der Waals surface area contributed by atoms with Gasteiger partial charge in [0.05, 0.1) is 36.9 Å². The maximum atomic E-state index is 13.6. The number of carbonyl (C=O) groups excluding carboxylic acids is 2. The molecule has 1 N–H and O–H groups in total. The van der Waals surface area contributed by atoms with E-state index >= 15 is 0 Å². The number of Topliss-reactive ketones (excluding diaryl/α,β-unsaturated/α-hetero) is 1. The molecule has 0 saturated heterocycles. The molecule has 6 nitrogen and oxygen atoms in total. The maximum absolute atomic E-state index is 13.6. The summed E-state index contributed by atoms with van der Waals surface area (Å²) in [6.45, 7) is 1.81. The van der Waals surface area contributed by atoms with E-state index in [0.29, 0.717) is 56.8 Å². The summed E-state index contributed by atoms with van der Waals surface area (Å²) < 4.78 is 15.9. The van der Waals surface area contributed by atoms with Crippen LogP contribution in [0.5, 0.6) is 11.5 Å². The van der Waals surface area contributed by atoms with Crippen molar-refractivity contribution in [1.82, 2.24) is 5.32 Å². The van der Waals surface area contributed by atoms with Crippen LogP contribution in [0.4, 0.5) is 0 Å². The van der Waals surface area contributed by atoms with Gasteiger partial charge in [0.2, 0.25) is 0 Å². The number of allylic oxidation sites excluding steroid dienone is 3. The van der Waals surface area contributed by atoms with Crippen molar-refractivity contribution in [3.05, 3.63) is 80.1 Å². The number of benzene rings is 2. The van der Waals surface area contributed by atoms with Crippen LogP contribution in [0.15, 0.2) is 58.9 Å². The molecule has 0 bridgehead atoms. The highest BCUT2D eigenvalue weighted by Crippen LogP contribution is 2.47. The highest BCUT2D eigenvalue weighted by atomic mass is 35.5. The van der Waals surface area contributed by atoms with E-state index in [1.54, 1.807) is 32.4 Å². The van der Waals surface area contributed by atoms with Gasteiger partial charge in [-0.25, -0.2) is 4.79 Å². The monoisotopic (exact) mass is 501 g/mol. The number of hydrogen-bond donors (Lipinski definition) is 1. The lowest BCUT2D eigenvalue weighted by molar-refractivity contribution is -0.136. The average molecular weight is 502 g/mol. The highest BCUT2D eigenvalue weighted by Gasteiger charge is 2.41. The maximum Gasteiger partial charge on any atom is 0.336 e. The van der Waals surface area contributed by atoms with Gasteiger partial charge in [0, 0.05) is 29.3 Å². The van der Waals surface area contributed by atoms with Gasteiger partial charge in [0.15, 0.2) is 17.3 Å². The van der Waals surface area contributed by atoms with E-state index in [-0.39, 0.29) is 11.7 Å². The fourth-order valence-electron chi connectivity index (χ4n) is 4.79. The molecule has 0 radical (unpaired) electrons. The normalized spacial score (nSPS) is 20.0. The van der Waals surface area contributed by atoms with Gasteiger partial charge in [0.25, 0.3) is 0 Å². The molecule has 34 heavy (non-hydrogen) atoms. The van der Waals surface area contributed by atoms with Crippen LogP contribution in [0.25, 0.3) is 0 Å². The lowest BCUT2D eigenvalue weighted by Gasteiger charge is -2.36. The molecule has 2 aromatic rings. The second-order valence-electron chi connectivity index (χ2n) is 8.30. The number of halogens is 2. The van der Waals surface area contributed by atoms with Crippen molar-refractivity contribution < 1.29 is 23.8 Å². The summed E-state index contributed by atoms with van der Waals surface area (Å²) in [5.41, 5.74) is 4.06. The van der Waals surface area contributed by atoms with Crippen molar-refractivity contribution in [3.8, 4) is 11.5 Å². The lowest BCUT2D eigenvalue weighted by atomic mass is 9.71. The Hall–Kier alpha value is -2.96. The van der Waals surface area contributed by atoms with Crippen LogP contribution < -0.4 is 14.8 Å². The molecule has 0 saturated carbocycles.